The number of anilines is 1. The van der Waals surface area contributed by atoms with Gasteiger partial charge in [0, 0.05) is 18.2 Å². The fourth-order valence-corrected chi connectivity index (χ4v) is 4.11. The maximum atomic E-state index is 12.7. The van der Waals surface area contributed by atoms with Crippen molar-refractivity contribution in [3.8, 4) is 17.2 Å². The second-order valence-electron chi connectivity index (χ2n) is 6.79. The average molecular weight is 444 g/mol. The van der Waals surface area contributed by atoms with Crippen molar-refractivity contribution in [3.63, 3.8) is 0 Å². The van der Waals surface area contributed by atoms with Gasteiger partial charge in [-0.15, -0.1) is 5.10 Å². The summed E-state index contributed by atoms with van der Waals surface area (Å²) in [5.41, 5.74) is 1.22. The molecule has 11 nitrogen and oxygen atoms in total. The summed E-state index contributed by atoms with van der Waals surface area (Å²) in [7, 11) is -3.95. The Hall–Kier alpha value is -3.51. The van der Waals surface area contributed by atoms with Crippen LogP contribution in [0.5, 0.6) is 11.5 Å². The number of nitrogens with zero attached hydrogens (tertiary/aromatic N) is 4. The molecule has 31 heavy (non-hydrogen) atoms. The minimum Gasteiger partial charge on any atom is -0.490 e. The van der Waals surface area contributed by atoms with Gasteiger partial charge in [0.15, 0.2) is 11.5 Å². The number of amides is 1. The number of nitrogens with one attached hydrogen (secondary N) is 2. The van der Waals surface area contributed by atoms with Crippen LogP contribution in [-0.2, 0) is 14.8 Å². The standard InChI is InChI=1S/C19H20N6O5S/c1-13(19(26)21-14-3-5-15(6-4-14)25-12-20-23-24-25)22-31(27,28)16-7-8-17-18(11-16)30-10-2-9-29-17/h3-8,11-13,22H,2,9-10H2,1H3,(H,21,26)/t13-/m1/s1. The van der Waals surface area contributed by atoms with Crippen LogP contribution in [-0.4, -0.2) is 53.8 Å². The van der Waals surface area contributed by atoms with E-state index in [1.54, 1.807) is 30.3 Å². The zero-order valence-corrected chi connectivity index (χ0v) is 17.4. The van der Waals surface area contributed by atoms with Gasteiger partial charge in [0.2, 0.25) is 15.9 Å². The Morgan fingerprint density at radius 3 is 2.55 bits per heavy atom. The minimum absolute atomic E-state index is 0.0119. The molecule has 0 bridgehead atoms. The van der Waals surface area contributed by atoms with Gasteiger partial charge in [-0.05, 0) is 53.7 Å². The quantitative estimate of drug-likeness (QED) is 0.577. The van der Waals surface area contributed by atoms with Crippen LogP contribution >= 0.6 is 0 Å². The van der Waals surface area contributed by atoms with Gasteiger partial charge in [0.25, 0.3) is 0 Å². The molecule has 2 heterocycles. The highest BCUT2D eigenvalue weighted by molar-refractivity contribution is 7.89. The van der Waals surface area contributed by atoms with E-state index < -0.39 is 22.0 Å². The lowest BCUT2D eigenvalue weighted by Crippen LogP contribution is -2.41. The first-order chi connectivity index (χ1) is 14.9. The van der Waals surface area contributed by atoms with Crippen LogP contribution in [0.4, 0.5) is 5.69 Å². The molecule has 4 rings (SSSR count). The lowest BCUT2D eigenvalue weighted by molar-refractivity contribution is -0.117. The molecule has 2 aromatic carbocycles. The van der Waals surface area contributed by atoms with Gasteiger partial charge in [-0.25, -0.2) is 13.1 Å². The van der Waals surface area contributed by atoms with Crippen molar-refractivity contribution in [2.75, 3.05) is 18.5 Å². The highest BCUT2D eigenvalue weighted by atomic mass is 32.2. The molecule has 0 unspecified atom stereocenters. The van der Waals surface area contributed by atoms with Crippen molar-refractivity contribution in [1.29, 1.82) is 0 Å². The summed E-state index contributed by atoms with van der Waals surface area (Å²) in [6.07, 6.45) is 2.16. The Morgan fingerprint density at radius 1 is 1.10 bits per heavy atom. The number of aromatic nitrogens is 4. The normalized spacial score (nSPS) is 14.5. The van der Waals surface area contributed by atoms with E-state index in [-0.39, 0.29) is 4.90 Å². The summed E-state index contributed by atoms with van der Waals surface area (Å²) < 4.78 is 40.4. The smallest absolute Gasteiger partial charge is 0.242 e. The zero-order valence-electron chi connectivity index (χ0n) is 16.6. The van der Waals surface area contributed by atoms with Crippen molar-refractivity contribution in [3.05, 3.63) is 48.8 Å². The molecule has 12 heteroatoms. The van der Waals surface area contributed by atoms with Crippen molar-refractivity contribution in [2.45, 2.75) is 24.3 Å². The van der Waals surface area contributed by atoms with Crippen LogP contribution in [0.25, 0.3) is 5.69 Å². The zero-order chi connectivity index (χ0) is 21.8. The number of hydrogen-bond acceptors (Lipinski definition) is 8. The number of fused-ring (bicyclic) bond motifs is 1. The third kappa shape index (κ3) is 4.81. The molecular weight excluding hydrogens is 424 g/mol. The molecule has 1 aromatic heterocycles. The lowest BCUT2D eigenvalue weighted by atomic mass is 10.2. The third-order valence-corrected chi connectivity index (χ3v) is 6.04. The summed E-state index contributed by atoms with van der Waals surface area (Å²) in [5, 5.41) is 13.6. The van der Waals surface area contributed by atoms with Gasteiger partial charge in [0.05, 0.1) is 29.8 Å². The summed E-state index contributed by atoms with van der Waals surface area (Å²) in [5.74, 6) is 0.348. The molecule has 0 aliphatic carbocycles. The maximum Gasteiger partial charge on any atom is 0.242 e. The van der Waals surface area contributed by atoms with Gasteiger partial charge in [-0.2, -0.15) is 4.72 Å². The monoisotopic (exact) mass is 444 g/mol. The highest BCUT2D eigenvalue weighted by Gasteiger charge is 2.24. The molecule has 1 aliphatic heterocycles. The molecule has 2 N–H and O–H groups in total. The Balaban J connectivity index is 1.41. The van der Waals surface area contributed by atoms with E-state index in [9.17, 15) is 13.2 Å². The predicted octanol–water partition coefficient (Wildman–Crippen LogP) is 1.13. The maximum absolute atomic E-state index is 12.7. The topological polar surface area (TPSA) is 137 Å². The van der Waals surface area contributed by atoms with Crippen molar-refractivity contribution in [1.82, 2.24) is 24.9 Å². The molecule has 0 radical (unpaired) electrons. The van der Waals surface area contributed by atoms with Crippen LogP contribution in [0.15, 0.2) is 53.7 Å². The van der Waals surface area contributed by atoms with E-state index in [1.807, 2.05) is 0 Å². The number of hydrogen-bond donors (Lipinski definition) is 2. The lowest BCUT2D eigenvalue weighted by Gasteiger charge is -2.15. The van der Waals surface area contributed by atoms with Crippen molar-refractivity contribution >= 4 is 21.6 Å². The van der Waals surface area contributed by atoms with Crippen LogP contribution in [0.2, 0.25) is 0 Å². The van der Waals surface area contributed by atoms with E-state index >= 15 is 0 Å². The number of tetrazole rings is 1. The number of sulfonamides is 1. The van der Waals surface area contributed by atoms with Gasteiger partial charge in [-0.1, -0.05) is 0 Å². The number of rotatable bonds is 6. The third-order valence-electron chi connectivity index (χ3n) is 4.50. The van der Waals surface area contributed by atoms with E-state index in [4.69, 9.17) is 9.47 Å². The second kappa shape index (κ2) is 8.70. The molecule has 1 atom stereocenters. The first kappa shape index (κ1) is 20.8. The SMILES string of the molecule is C[C@@H](NS(=O)(=O)c1ccc2c(c1)OCCCO2)C(=O)Nc1ccc(-n2cnnn2)cc1. The van der Waals surface area contributed by atoms with Gasteiger partial charge in [-0.3, -0.25) is 4.79 Å². The fraction of sp³-hybridized carbons (Fsp3) is 0.263. The summed E-state index contributed by atoms with van der Waals surface area (Å²) in [6, 6.07) is 10.1. The van der Waals surface area contributed by atoms with Crippen LogP contribution < -0.4 is 19.5 Å². The molecule has 0 spiro atoms. The van der Waals surface area contributed by atoms with E-state index in [0.29, 0.717) is 42.5 Å². The van der Waals surface area contributed by atoms with Crippen molar-refractivity contribution in [2.24, 2.45) is 0 Å². The number of ether oxygens (including phenoxy) is 2. The minimum atomic E-state index is -3.95. The van der Waals surface area contributed by atoms with E-state index in [1.165, 1.54) is 30.1 Å². The Kier molecular flexibility index (Phi) is 5.82. The first-order valence-corrected chi connectivity index (χ1v) is 11.0. The Bertz CT molecular complexity index is 1170. The van der Waals surface area contributed by atoms with Gasteiger partial charge >= 0.3 is 0 Å². The van der Waals surface area contributed by atoms with Crippen molar-refractivity contribution < 1.29 is 22.7 Å². The molecule has 0 saturated carbocycles. The Labute approximate surface area is 178 Å². The molecule has 1 amide bonds. The summed E-state index contributed by atoms with van der Waals surface area (Å²) in [6.45, 7) is 2.41. The largest absolute Gasteiger partial charge is 0.490 e. The van der Waals surface area contributed by atoms with Crippen LogP contribution in [0, 0.1) is 0 Å². The molecule has 0 fully saturated rings. The van der Waals surface area contributed by atoms with Crippen LogP contribution in [0.1, 0.15) is 13.3 Å². The summed E-state index contributed by atoms with van der Waals surface area (Å²) >= 11 is 0. The van der Waals surface area contributed by atoms with E-state index in [0.717, 1.165) is 0 Å². The highest BCUT2D eigenvalue weighted by Crippen LogP contribution is 2.31. The van der Waals surface area contributed by atoms with E-state index in [2.05, 4.69) is 25.6 Å². The summed E-state index contributed by atoms with van der Waals surface area (Å²) in [4.78, 5) is 12.5. The predicted molar refractivity (Wildman–Crippen MR) is 110 cm³/mol. The van der Waals surface area contributed by atoms with Gasteiger partial charge in [0.1, 0.15) is 6.33 Å². The van der Waals surface area contributed by atoms with Crippen LogP contribution in [0.3, 0.4) is 0 Å². The first-order valence-electron chi connectivity index (χ1n) is 9.49. The molecule has 0 saturated heterocycles. The second-order valence-corrected chi connectivity index (χ2v) is 8.51. The molecule has 162 valence electrons. The molecule has 3 aromatic rings. The number of carbonyl (C=O) groups is 1. The fourth-order valence-electron chi connectivity index (χ4n) is 2.89. The average Bonchev–Trinajstić information content (AvgIpc) is 3.19. The molecular formula is C19H20N6O5S. The molecule has 1 aliphatic rings. The number of carbonyl (C=O) groups excluding carboxylic acids is 1. The van der Waals surface area contributed by atoms with Gasteiger partial charge < -0.3 is 14.8 Å². The Morgan fingerprint density at radius 2 is 1.84 bits per heavy atom. The number of benzene rings is 2.